The SMILES string of the molecule is O[C@H](COc1cccc(C(F)(F)F)c1)CN1CCN(c2ccc(F)cc2)CC1. The summed E-state index contributed by atoms with van der Waals surface area (Å²) >= 11 is 0. The zero-order chi connectivity index (χ0) is 20.1. The van der Waals surface area contributed by atoms with Crippen molar-refractivity contribution in [3.63, 3.8) is 0 Å². The quantitative estimate of drug-likeness (QED) is 0.757. The van der Waals surface area contributed by atoms with Crippen molar-refractivity contribution in [1.82, 2.24) is 4.90 Å². The third-order valence-corrected chi connectivity index (χ3v) is 4.64. The van der Waals surface area contributed by atoms with Crippen LogP contribution in [0.25, 0.3) is 0 Å². The van der Waals surface area contributed by atoms with Crippen LogP contribution >= 0.6 is 0 Å². The van der Waals surface area contributed by atoms with Gasteiger partial charge in [0.05, 0.1) is 5.56 Å². The summed E-state index contributed by atoms with van der Waals surface area (Å²) in [6, 6.07) is 10.9. The van der Waals surface area contributed by atoms with Gasteiger partial charge in [0.15, 0.2) is 0 Å². The predicted molar refractivity (Wildman–Crippen MR) is 98.0 cm³/mol. The molecule has 0 aliphatic carbocycles. The van der Waals surface area contributed by atoms with Gasteiger partial charge in [-0.2, -0.15) is 13.2 Å². The van der Waals surface area contributed by atoms with Gasteiger partial charge in [0.1, 0.15) is 24.3 Å². The molecule has 1 saturated heterocycles. The van der Waals surface area contributed by atoms with Crippen LogP contribution < -0.4 is 9.64 Å². The zero-order valence-electron chi connectivity index (χ0n) is 15.2. The van der Waals surface area contributed by atoms with E-state index >= 15 is 0 Å². The Morgan fingerprint density at radius 1 is 1.00 bits per heavy atom. The summed E-state index contributed by atoms with van der Waals surface area (Å²) in [5.41, 5.74) is 0.172. The monoisotopic (exact) mass is 398 g/mol. The lowest BCUT2D eigenvalue weighted by Gasteiger charge is -2.36. The molecule has 0 aromatic heterocycles. The third kappa shape index (κ3) is 5.59. The van der Waals surface area contributed by atoms with Gasteiger partial charge in [-0.25, -0.2) is 4.39 Å². The second-order valence-corrected chi connectivity index (χ2v) is 6.75. The average molecular weight is 398 g/mol. The highest BCUT2D eigenvalue weighted by atomic mass is 19.4. The van der Waals surface area contributed by atoms with E-state index in [1.165, 1.54) is 24.3 Å². The highest BCUT2D eigenvalue weighted by Crippen LogP contribution is 2.31. The van der Waals surface area contributed by atoms with Gasteiger partial charge in [0, 0.05) is 38.4 Å². The predicted octanol–water partition coefficient (Wildman–Crippen LogP) is 3.41. The van der Waals surface area contributed by atoms with Crippen molar-refractivity contribution in [1.29, 1.82) is 0 Å². The Bertz CT molecular complexity index is 760. The molecule has 4 nitrogen and oxygen atoms in total. The largest absolute Gasteiger partial charge is 0.491 e. The molecule has 1 N–H and O–H groups in total. The van der Waals surface area contributed by atoms with Crippen LogP contribution in [0, 0.1) is 5.82 Å². The molecule has 0 bridgehead atoms. The number of hydrogen-bond donors (Lipinski definition) is 1. The maximum Gasteiger partial charge on any atom is 0.416 e. The minimum Gasteiger partial charge on any atom is -0.491 e. The number of halogens is 4. The van der Waals surface area contributed by atoms with E-state index in [0.29, 0.717) is 6.54 Å². The number of benzene rings is 2. The van der Waals surface area contributed by atoms with E-state index in [4.69, 9.17) is 4.74 Å². The minimum atomic E-state index is -4.43. The number of rotatable bonds is 6. The molecule has 1 aliphatic rings. The van der Waals surface area contributed by atoms with Crippen LogP contribution in [0.2, 0.25) is 0 Å². The fourth-order valence-electron chi connectivity index (χ4n) is 3.15. The van der Waals surface area contributed by atoms with E-state index in [1.54, 1.807) is 12.1 Å². The van der Waals surface area contributed by atoms with Gasteiger partial charge in [-0.1, -0.05) is 6.07 Å². The lowest BCUT2D eigenvalue weighted by molar-refractivity contribution is -0.137. The first-order chi connectivity index (χ1) is 13.3. The summed E-state index contributed by atoms with van der Waals surface area (Å²) in [5, 5.41) is 10.2. The molecule has 1 aliphatic heterocycles. The van der Waals surface area contributed by atoms with E-state index in [2.05, 4.69) is 9.80 Å². The van der Waals surface area contributed by atoms with Crippen LogP contribution in [-0.2, 0) is 6.18 Å². The topological polar surface area (TPSA) is 35.9 Å². The Morgan fingerprint density at radius 3 is 2.32 bits per heavy atom. The van der Waals surface area contributed by atoms with E-state index in [-0.39, 0.29) is 18.2 Å². The minimum absolute atomic E-state index is 0.0787. The lowest BCUT2D eigenvalue weighted by Crippen LogP contribution is -2.49. The lowest BCUT2D eigenvalue weighted by atomic mass is 10.2. The number of ether oxygens (including phenoxy) is 1. The molecule has 0 unspecified atom stereocenters. The van der Waals surface area contributed by atoms with Gasteiger partial charge in [0.25, 0.3) is 0 Å². The van der Waals surface area contributed by atoms with Crippen molar-refractivity contribution in [2.45, 2.75) is 12.3 Å². The van der Waals surface area contributed by atoms with Gasteiger partial charge < -0.3 is 14.7 Å². The molecule has 8 heteroatoms. The first-order valence-electron chi connectivity index (χ1n) is 9.02. The van der Waals surface area contributed by atoms with E-state index in [0.717, 1.165) is 44.0 Å². The smallest absolute Gasteiger partial charge is 0.416 e. The van der Waals surface area contributed by atoms with Crippen molar-refractivity contribution in [3.8, 4) is 5.75 Å². The molecule has 0 amide bonds. The normalized spacial score (nSPS) is 16.8. The fraction of sp³-hybridized carbons (Fsp3) is 0.400. The molecule has 0 radical (unpaired) electrons. The summed E-state index contributed by atoms with van der Waals surface area (Å²) in [4.78, 5) is 4.21. The van der Waals surface area contributed by atoms with Crippen LogP contribution in [0.15, 0.2) is 48.5 Å². The first kappa shape index (κ1) is 20.4. The molecule has 2 aromatic rings. The van der Waals surface area contributed by atoms with E-state index < -0.39 is 17.8 Å². The number of hydrogen-bond acceptors (Lipinski definition) is 4. The van der Waals surface area contributed by atoms with Gasteiger partial charge in [-0.3, -0.25) is 4.90 Å². The Balaban J connectivity index is 1.43. The second kappa shape index (κ2) is 8.79. The van der Waals surface area contributed by atoms with Crippen LogP contribution in [0.3, 0.4) is 0 Å². The van der Waals surface area contributed by atoms with E-state index in [1.807, 2.05) is 0 Å². The number of aliphatic hydroxyl groups is 1. The molecule has 152 valence electrons. The van der Waals surface area contributed by atoms with Crippen molar-refractivity contribution in [2.24, 2.45) is 0 Å². The summed E-state index contributed by atoms with van der Waals surface area (Å²) in [5.74, 6) is -0.193. The van der Waals surface area contributed by atoms with E-state index in [9.17, 15) is 22.7 Å². The Kier molecular flexibility index (Phi) is 6.41. The highest BCUT2D eigenvalue weighted by Gasteiger charge is 2.30. The summed E-state index contributed by atoms with van der Waals surface area (Å²) in [6.07, 6.45) is -5.24. The van der Waals surface area contributed by atoms with Crippen molar-refractivity contribution >= 4 is 5.69 Å². The molecular weight excluding hydrogens is 376 g/mol. The van der Waals surface area contributed by atoms with Crippen molar-refractivity contribution in [3.05, 3.63) is 59.9 Å². The number of anilines is 1. The first-order valence-corrected chi connectivity index (χ1v) is 9.02. The number of aliphatic hydroxyl groups excluding tert-OH is 1. The molecule has 1 atom stereocenters. The van der Waals surface area contributed by atoms with Gasteiger partial charge in [0.2, 0.25) is 0 Å². The number of β-amino-alcohol motifs (C(OH)–C–C–N with tert-alkyl or cyclic N) is 1. The van der Waals surface area contributed by atoms with Crippen LogP contribution in [0.1, 0.15) is 5.56 Å². The maximum atomic E-state index is 13.0. The standard InChI is InChI=1S/C20H22F4N2O2/c21-16-4-6-17(7-5-16)26-10-8-25(9-11-26)13-18(27)14-28-19-3-1-2-15(12-19)20(22,23)24/h1-7,12,18,27H,8-11,13-14H2/t18-/m0/s1. The van der Waals surface area contributed by atoms with Gasteiger partial charge in [-0.05, 0) is 42.5 Å². The molecule has 1 heterocycles. The summed E-state index contributed by atoms with van der Waals surface area (Å²) in [6.45, 7) is 3.21. The summed E-state index contributed by atoms with van der Waals surface area (Å²) < 4.78 is 56.5. The molecule has 28 heavy (non-hydrogen) atoms. The fourth-order valence-corrected chi connectivity index (χ4v) is 3.15. The molecule has 1 fully saturated rings. The summed E-state index contributed by atoms with van der Waals surface area (Å²) in [7, 11) is 0. The number of piperazine rings is 1. The number of nitrogens with zero attached hydrogens (tertiary/aromatic N) is 2. The van der Waals surface area contributed by atoms with Crippen LogP contribution in [0.5, 0.6) is 5.75 Å². The Hall–Kier alpha value is -2.32. The van der Waals surface area contributed by atoms with Gasteiger partial charge in [-0.15, -0.1) is 0 Å². The zero-order valence-corrected chi connectivity index (χ0v) is 15.2. The molecular formula is C20H22F4N2O2. The average Bonchev–Trinajstić information content (AvgIpc) is 2.67. The van der Waals surface area contributed by atoms with Crippen molar-refractivity contribution < 1.29 is 27.4 Å². The second-order valence-electron chi connectivity index (χ2n) is 6.75. The van der Waals surface area contributed by atoms with Crippen LogP contribution in [-0.4, -0.2) is 55.4 Å². The maximum absolute atomic E-state index is 13.0. The Labute approximate surface area is 160 Å². The third-order valence-electron chi connectivity index (χ3n) is 4.64. The molecule has 2 aromatic carbocycles. The number of alkyl halides is 3. The van der Waals surface area contributed by atoms with Gasteiger partial charge >= 0.3 is 6.18 Å². The van der Waals surface area contributed by atoms with Crippen molar-refractivity contribution in [2.75, 3.05) is 44.2 Å². The Morgan fingerprint density at radius 2 is 1.68 bits per heavy atom. The molecule has 3 rings (SSSR count). The highest BCUT2D eigenvalue weighted by molar-refractivity contribution is 5.46. The molecule has 0 spiro atoms. The molecule has 0 saturated carbocycles. The van der Waals surface area contributed by atoms with Crippen LogP contribution in [0.4, 0.5) is 23.2 Å².